The summed E-state index contributed by atoms with van der Waals surface area (Å²) in [5.41, 5.74) is 14.0. The molecular weight excluding hydrogens is 528 g/mol. The molecule has 4 rings (SSSR count). The second kappa shape index (κ2) is 12.8. The Kier molecular flexibility index (Phi) is 8.98. The van der Waals surface area contributed by atoms with Gasteiger partial charge in [0.15, 0.2) is 5.96 Å². The molecule has 41 heavy (non-hydrogen) atoms. The number of carboxylic acid groups (broad SMARTS) is 2. The van der Waals surface area contributed by atoms with Crippen molar-refractivity contribution in [2.75, 3.05) is 6.54 Å². The van der Waals surface area contributed by atoms with Crippen molar-refractivity contribution in [1.82, 2.24) is 4.90 Å². The summed E-state index contributed by atoms with van der Waals surface area (Å²) in [5, 5.41) is 19.4. The number of hydrogen-bond donors (Lipinski definition) is 4. The lowest BCUT2D eigenvalue weighted by Crippen LogP contribution is -2.51. The van der Waals surface area contributed by atoms with Crippen molar-refractivity contribution in [3.8, 4) is 5.75 Å². The van der Waals surface area contributed by atoms with Gasteiger partial charge in [-0.1, -0.05) is 36.4 Å². The van der Waals surface area contributed by atoms with Gasteiger partial charge in [-0.25, -0.2) is 14.6 Å². The summed E-state index contributed by atoms with van der Waals surface area (Å²) in [4.78, 5) is 54.8. The topological polar surface area (TPSA) is 186 Å². The zero-order chi connectivity index (χ0) is 29.5. The molecule has 0 saturated heterocycles. The largest absolute Gasteiger partial charge is 0.480 e. The molecule has 0 aromatic heterocycles. The van der Waals surface area contributed by atoms with E-state index in [9.17, 15) is 29.4 Å². The predicted octanol–water partition coefficient (Wildman–Crippen LogP) is 2.52. The Morgan fingerprint density at radius 3 is 2.29 bits per heavy atom. The van der Waals surface area contributed by atoms with E-state index in [1.165, 1.54) is 0 Å². The van der Waals surface area contributed by atoms with Crippen LogP contribution in [0, 0.1) is 5.92 Å². The molecule has 2 atom stereocenters. The van der Waals surface area contributed by atoms with Crippen LogP contribution in [-0.2, 0) is 33.6 Å². The molecule has 1 aliphatic carbocycles. The van der Waals surface area contributed by atoms with Crippen LogP contribution in [0.15, 0.2) is 77.8 Å². The van der Waals surface area contributed by atoms with Crippen LogP contribution in [-0.4, -0.2) is 57.5 Å². The highest BCUT2D eigenvalue weighted by Crippen LogP contribution is 2.31. The molecule has 0 saturated carbocycles. The molecule has 1 aliphatic rings. The molecule has 0 heterocycles. The zero-order valence-electron chi connectivity index (χ0n) is 22.1. The zero-order valence-corrected chi connectivity index (χ0v) is 22.1. The van der Waals surface area contributed by atoms with Crippen molar-refractivity contribution in [1.29, 1.82) is 0 Å². The average Bonchev–Trinajstić information content (AvgIpc) is 2.94. The molecule has 6 N–H and O–H groups in total. The van der Waals surface area contributed by atoms with Gasteiger partial charge in [0.25, 0.3) is 0 Å². The molecular formula is C30H30N4O7. The first-order valence-corrected chi connectivity index (χ1v) is 12.9. The van der Waals surface area contributed by atoms with E-state index in [1.807, 2.05) is 0 Å². The summed E-state index contributed by atoms with van der Waals surface area (Å²) in [7, 11) is 0. The Morgan fingerprint density at radius 1 is 0.951 bits per heavy atom. The fourth-order valence-corrected chi connectivity index (χ4v) is 4.88. The lowest BCUT2D eigenvalue weighted by Gasteiger charge is -2.33. The minimum Gasteiger partial charge on any atom is -0.480 e. The first-order chi connectivity index (χ1) is 19.6. The summed E-state index contributed by atoms with van der Waals surface area (Å²) in [6.45, 7) is -0.714. The third kappa shape index (κ3) is 7.47. The molecule has 0 bridgehead atoms. The van der Waals surface area contributed by atoms with Crippen molar-refractivity contribution in [3.63, 3.8) is 0 Å². The number of carboxylic acids is 2. The van der Waals surface area contributed by atoms with Crippen LogP contribution in [0.3, 0.4) is 0 Å². The molecule has 11 heteroatoms. The number of rotatable bonds is 10. The third-order valence-corrected chi connectivity index (χ3v) is 6.85. The van der Waals surface area contributed by atoms with Gasteiger partial charge in [-0.05, 0) is 72.4 Å². The quantitative estimate of drug-likeness (QED) is 0.126. The second-order valence-corrected chi connectivity index (χ2v) is 9.75. The highest BCUT2D eigenvalue weighted by Gasteiger charge is 2.36. The SMILES string of the molecule is NC(N)=Nc1ccc(C(=O)Oc2ccc3c(c2)CCC(C(=O)N(CC(=O)O)[C@@H](Cc2ccccc2)C(=O)O)C3)cc1. The summed E-state index contributed by atoms with van der Waals surface area (Å²) in [6, 6.07) is 18.9. The van der Waals surface area contributed by atoms with Crippen LogP contribution in [0.25, 0.3) is 0 Å². The maximum absolute atomic E-state index is 13.5. The summed E-state index contributed by atoms with van der Waals surface area (Å²) in [6.07, 6.45) is 1.16. The van der Waals surface area contributed by atoms with E-state index in [-0.39, 0.29) is 12.4 Å². The first kappa shape index (κ1) is 28.8. The minimum atomic E-state index is -1.32. The van der Waals surface area contributed by atoms with E-state index in [0.717, 1.165) is 16.0 Å². The minimum absolute atomic E-state index is 0.00968. The smallest absolute Gasteiger partial charge is 0.343 e. The first-order valence-electron chi connectivity index (χ1n) is 12.9. The number of benzene rings is 3. The number of ether oxygens (including phenoxy) is 1. The number of amides is 1. The molecule has 0 fully saturated rings. The van der Waals surface area contributed by atoms with Gasteiger partial charge in [0.05, 0.1) is 11.3 Å². The molecule has 3 aromatic carbocycles. The van der Waals surface area contributed by atoms with Crippen molar-refractivity contribution < 1.29 is 34.1 Å². The number of aryl methyl sites for hydroxylation is 1. The van der Waals surface area contributed by atoms with Crippen molar-refractivity contribution in [2.24, 2.45) is 22.4 Å². The van der Waals surface area contributed by atoms with Crippen LogP contribution in [0.5, 0.6) is 5.75 Å². The van der Waals surface area contributed by atoms with E-state index >= 15 is 0 Å². The third-order valence-electron chi connectivity index (χ3n) is 6.85. The Labute approximate surface area is 236 Å². The van der Waals surface area contributed by atoms with Crippen LogP contribution in [0.4, 0.5) is 5.69 Å². The Bertz CT molecular complexity index is 1470. The second-order valence-electron chi connectivity index (χ2n) is 9.75. The van der Waals surface area contributed by atoms with Gasteiger partial charge in [0.2, 0.25) is 5.91 Å². The average molecular weight is 559 g/mol. The number of hydrogen-bond acceptors (Lipinski definition) is 6. The monoisotopic (exact) mass is 558 g/mol. The molecule has 0 radical (unpaired) electrons. The number of aliphatic carboxylic acids is 2. The van der Waals surface area contributed by atoms with Gasteiger partial charge in [-0.2, -0.15) is 0 Å². The predicted molar refractivity (Wildman–Crippen MR) is 150 cm³/mol. The van der Waals surface area contributed by atoms with E-state index < -0.39 is 42.3 Å². The number of nitrogens with zero attached hydrogens (tertiary/aromatic N) is 2. The highest BCUT2D eigenvalue weighted by molar-refractivity contribution is 5.92. The molecule has 11 nitrogen and oxygen atoms in total. The van der Waals surface area contributed by atoms with Crippen molar-refractivity contribution in [3.05, 3.63) is 95.1 Å². The molecule has 3 aromatic rings. The van der Waals surface area contributed by atoms with Crippen LogP contribution in [0.2, 0.25) is 0 Å². The van der Waals surface area contributed by atoms with E-state index in [1.54, 1.807) is 72.8 Å². The molecule has 0 aliphatic heterocycles. The number of esters is 1. The van der Waals surface area contributed by atoms with Gasteiger partial charge >= 0.3 is 17.9 Å². The summed E-state index contributed by atoms with van der Waals surface area (Å²) >= 11 is 0. The van der Waals surface area contributed by atoms with Gasteiger partial charge in [0, 0.05) is 12.3 Å². The molecule has 212 valence electrons. The fourth-order valence-electron chi connectivity index (χ4n) is 4.88. The summed E-state index contributed by atoms with van der Waals surface area (Å²) in [5.74, 6) is -3.97. The maximum atomic E-state index is 13.5. The van der Waals surface area contributed by atoms with Gasteiger partial charge in [-0.3, -0.25) is 9.59 Å². The lowest BCUT2D eigenvalue weighted by molar-refractivity contribution is -0.156. The van der Waals surface area contributed by atoms with Crippen LogP contribution < -0.4 is 16.2 Å². The van der Waals surface area contributed by atoms with Gasteiger partial charge in [0.1, 0.15) is 18.3 Å². The Morgan fingerprint density at radius 2 is 1.66 bits per heavy atom. The van der Waals surface area contributed by atoms with Gasteiger partial charge in [-0.15, -0.1) is 0 Å². The van der Waals surface area contributed by atoms with Crippen LogP contribution in [0.1, 0.15) is 33.5 Å². The number of carbonyl (C=O) groups excluding carboxylic acids is 2. The maximum Gasteiger partial charge on any atom is 0.343 e. The number of guanidine groups is 1. The van der Waals surface area contributed by atoms with E-state index in [4.69, 9.17) is 16.2 Å². The number of fused-ring (bicyclic) bond motifs is 1. The number of carbonyl (C=O) groups is 4. The summed E-state index contributed by atoms with van der Waals surface area (Å²) < 4.78 is 5.53. The van der Waals surface area contributed by atoms with Gasteiger partial charge < -0.3 is 31.3 Å². The molecule has 1 unspecified atom stereocenters. The normalized spacial score (nSPS) is 14.7. The fraction of sp³-hybridized carbons (Fsp3) is 0.233. The van der Waals surface area contributed by atoms with Crippen molar-refractivity contribution in [2.45, 2.75) is 31.7 Å². The Hall–Kier alpha value is -5.19. The standard InChI is InChI=1S/C30H30N4O7/c31-30(32)33-23-11-8-19(9-12-23)29(40)41-24-13-10-20-15-22(7-6-21(20)16-24)27(37)34(17-26(35)36)25(28(38)39)14-18-4-2-1-3-5-18/h1-5,8-13,16,22,25H,6-7,14-15,17H2,(H,35,36)(H,38,39)(H4,31,32,33)/t22?,25-/m0/s1. The van der Waals surface area contributed by atoms with Crippen LogP contribution >= 0.6 is 0 Å². The molecule has 0 spiro atoms. The lowest BCUT2D eigenvalue weighted by atomic mass is 9.82. The highest BCUT2D eigenvalue weighted by atomic mass is 16.5. The Balaban J connectivity index is 1.46. The van der Waals surface area contributed by atoms with E-state index in [0.29, 0.717) is 41.8 Å². The number of nitrogens with two attached hydrogens (primary N) is 2. The number of aliphatic imine (C=N–C) groups is 1. The van der Waals surface area contributed by atoms with Crippen molar-refractivity contribution >= 4 is 35.5 Å². The van der Waals surface area contributed by atoms with E-state index in [2.05, 4.69) is 4.99 Å². The molecule has 1 amide bonds.